The first-order chi connectivity index (χ1) is 8.21. The number of rotatable bonds is 6. The predicted molar refractivity (Wildman–Crippen MR) is 67.4 cm³/mol. The molecule has 0 radical (unpaired) electrons. The van der Waals surface area contributed by atoms with Crippen molar-refractivity contribution < 1.29 is 9.21 Å². The Balaban J connectivity index is 1.90. The number of carbonyl (C=O) groups excluding carboxylic acids is 1. The third kappa shape index (κ3) is 2.83. The van der Waals surface area contributed by atoms with E-state index in [0.717, 1.165) is 25.1 Å². The van der Waals surface area contributed by atoms with Gasteiger partial charge in [-0.25, -0.2) is 0 Å². The summed E-state index contributed by atoms with van der Waals surface area (Å²) in [5.41, 5.74) is 0.933. The van der Waals surface area contributed by atoms with E-state index >= 15 is 0 Å². The lowest BCUT2D eigenvalue weighted by Gasteiger charge is -2.14. The van der Waals surface area contributed by atoms with Crippen LogP contribution in [-0.4, -0.2) is 18.3 Å². The molecule has 0 atom stereocenters. The first-order valence-corrected chi connectivity index (χ1v) is 6.65. The molecule has 4 heteroatoms. The molecule has 1 amide bonds. The van der Waals surface area contributed by atoms with Gasteiger partial charge in [0.2, 0.25) is 0 Å². The molecule has 2 rings (SSSR count). The molecule has 1 aliphatic rings. The third-order valence-electron chi connectivity index (χ3n) is 3.52. The van der Waals surface area contributed by atoms with Gasteiger partial charge in [0.05, 0.1) is 11.8 Å². The van der Waals surface area contributed by atoms with Crippen LogP contribution in [0, 0.1) is 5.41 Å². The summed E-state index contributed by atoms with van der Waals surface area (Å²) in [5, 5.41) is 2.99. The summed E-state index contributed by atoms with van der Waals surface area (Å²) in [6, 6.07) is 1.73. The Labute approximate surface area is 107 Å². The number of hydrogen-bond acceptors (Lipinski definition) is 2. The van der Waals surface area contributed by atoms with Crippen LogP contribution in [0.3, 0.4) is 0 Å². The Bertz CT molecular complexity index is 396. The van der Waals surface area contributed by atoms with Crippen molar-refractivity contribution in [3.05, 3.63) is 23.7 Å². The molecule has 0 aliphatic heterocycles. The standard InChI is InChI=1S/C13H18ClNO2/c1-2-11-10(3-8-17-11)12(16)15-9-13(4-5-13)6-7-14/h3,8H,2,4-7,9H2,1H3,(H,15,16). The van der Waals surface area contributed by atoms with E-state index in [0.29, 0.717) is 11.4 Å². The van der Waals surface area contributed by atoms with Crippen LogP contribution in [0.2, 0.25) is 0 Å². The van der Waals surface area contributed by atoms with Gasteiger partial charge < -0.3 is 9.73 Å². The predicted octanol–water partition coefficient (Wildman–Crippen LogP) is 2.98. The molecule has 0 bridgehead atoms. The van der Waals surface area contributed by atoms with Gasteiger partial charge in [0.15, 0.2) is 0 Å². The summed E-state index contributed by atoms with van der Waals surface area (Å²) in [6.45, 7) is 2.71. The van der Waals surface area contributed by atoms with E-state index in [1.54, 1.807) is 12.3 Å². The van der Waals surface area contributed by atoms with Crippen LogP contribution < -0.4 is 5.32 Å². The van der Waals surface area contributed by atoms with Gasteiger partial charge in [0.25, 0.3) is 5.91 Å². The molecule has 1 saturated carbocycles. The monoisotopic (exact) mass is 255 g/mol. The second-order valence-electron chi connectivity index (χ2n) is 4.73. The fourth-order valence-corrected chi connectivity index (χ4v) is 2.47. The highest BCUT2D eigenvalue weighted by molar-refractivity contribution is 6.17. The van der Waals surface area contributed by atoms with Crippen LogP contribution in [0.5, 0.6) is 0 Å². The van der Waals surface area contributed by atoms with E-state index in [1.807, 2.05) is 6.92 Å². The molecule has 1 fully saturated rings. The molecule has 0 spiro atoms. The molecular formula is C13H18ClNO2. The maximum Gasteiger partial charge on any atom is 0.254 e. The molecule has 0 unspecified atom stereocenters. The zero-order valence-electron chi connectivity index (χ0n) is 10.1. The summed E-state index contributed by atoms with van der Waals surface area (Å²) < 4.78 is 5.25. The van der Waals surface area contributed by atoms with E-state index in [9.17, 15) is 4.79 Å². The van der Waals surface area contributed by atoms with Crippen LogP contribution in [0.4, 0.5) is 0 Å². The molecule has 1 N–H and O–H groups in total. The van der Waals surface area contributed by atoms with Crippen molar-refractivity contribution in [2.24, 2.45) is 5.41 Å². The summed E-state index contributed by atoms with van der Waals surface area (Å²) in [4.78, 5) is 12.0. The topological polar surface area (TPSA) is 42.2 Å². The van der Waals surface area contributed by atoms with Gasteiger partial charge >= 0.3 is 0 Å². The van der Waals surface area contributed by atoms with Crippen molar-refractivity contribution >= 4 is 17.5 Å². The molecule has 17 heavy (non-hydrogen) atoms. The van der Waals surface area contributed by atoms with E-state index < -0.39 is 0 Å². The maximum atomic E-state index is 12.0. The number of carbonyl (C=O) groups is 1. The number of alkyl halides is 1. The number of furan rings is 1. The Morgan fingerprint density at radius 1 is 1.59 bits per heavy atom. The Morgan fingerprint density at radius 3 is 2.94 bits per heavy atom. The molecule has 94 valence electrons. The van der Waals surface area contributed by atoms with Gasteiger partial charge in [-0.2, -0.15) is 0 Å². The summed E-state index contributed by atoms with van der Waals surface area (Å²) >= 11 is 5.76. The lowest BCUT2D eigenvalue weighted by atomic mass is 10.0. The van der Waals surface area contributed by atoms with Gasteiger partial charge in [-0.15, -0.1) is 11.6 Å². The van der Waals surface area contributed by atoms with Crippen LogP contribution in [0.1, 0.15) is 42.3 Å². The van der Waals surface area contributed by atoms with E-state index in [2.05, 4.69) is 5.32 Å². The van der Waals surface area contributed by atoms with Crippen molar-refractivity contribution in [2.45, 2.75) is 32.6 Å². The number of hydrogen-bond donors (Lipinski definition) is 1. The van der Waals surface area contributed by atoms with E-state index in [-0.39, 0.29) is 11.3 Å². The SMILES string of the molecule is CCc1occc1C(=O)NCC1(CCCl)CC1. The van der Waals surface area contributed by atoms with Gasteiger partial charge in [0.1, 0.15) is 5.76 Å². The molecule has 0 aromatic carbocycles. The number of nitrogens with one attached hydrogen (secondary N) is 1. The van der Waals surface area contributed by atoms with Crippen LogP contribution in [0.25, 0.3) is 0 Å². The minimum absolute atomic E-state index is 0.0311. The third-order valence-corrected chi connectivity index (χ3v) is 3.71. The normalized spacial score (nSPS) is 16.8. The zero-order chi connectivity index (χ0) is 12.3. The van der Waals surface area contributed by atoms with Crippen LogP contribution in [-0.2, 0) is 6.42 Å². The van der Waals surface area contributed by atoms with Gasteiger partial charge in [-0.3, -0.25) is 4.79 Å². The fourth-order valence-electron chi connectivity index (χ4n) is 2.07. The maximum absolute atomic E-state index is 12.0. The van der Waals surface area contributed by atoms with Crippen molar-refractivity contribution in [3.63, 3.8) is 0 Å². The smallest absolute Gasteiger partial charge is 0.254 e. The van der Waals surface area contributed by atoms with E-state index in [4.69, 9.17) is 16.0 Å². The number of halogens is 1. The first kappa shape index (κ1) is 12.5. The highest BCUT2D eigenvalue weighted by Crippen LogP contribution is 2.48. The van der Waals surface area contributed by atoms with E-state index in [1.165, 1.54) is 12.8 Å². The molecule has 0 saturated heterocycles. The first-order valence-electron chi connectivity index (χ1n) is 6.11. The van der Waals surface area contributed by atoms with Crippen molar-refractivity contribution in [3.8, 4) is 0 Å². The molecule has 1 aromatic rings. The van der Waals surface area contributed by atoms with Gasteiger partial charge in [-0.1, -0.05) is 6.92 Å². The lowest BCUT2D eigenvalue weighted by molar-refractivity contribution is 0.0942. The van der Waals surface area contributed by atoms with Crippen molar-refractivity contribution in [1.29, 1.82) is 0 Å². The van der Waals surface area contributed by atoms with Gasteiger partial charge in [-0.05, 0) is 30.7 Å². The summed E-state index contributed by atoms with van der Waals surface area (Å²) in [7, 11) is 0. The Hall–Kier alpha value is -0.960. The Morgan fingerprint density at radius 2 is 2.35 bits per heavy atom. The number of amides is 1. The molecule has 1 aromatic heterocycles. The van der Waals surface area contributed by atoms with Crippen LogP contribution in [0.15, 0.2) is 16.7 Å². The Kier molecular flexibility index (Phi) is 3.77. The summed E-state index contributed by atoms with van der Waals surface area (Å²) in [5.74, 6) is 1.39. The molecule has 3 nitrogen and oxygen atoms in total. The molecule has 1 aliphatic carbocycles. The quantitative estimate of drug-likeness (QED) is 0.794. The minimum atomic E-state index is -0.0311. The highest BCUT2D eigenvalue weighted by atomic mass is 35.5. The second-order valence-corrected chi connectivity index (χ2v) is 5.11. The zero-order valence-corrected chi connectivity index (χ0v) is 10.8. The second kappa shape index (κ2) is 5.13. The minimum Gasteiger partial charge on any atom is -0.469 e. The highest BCUT2D eigenvalue weighted by Gasteiger charge is 2.41. The van der Waals surface area contributed by atoms with Crippen molar-refractivity contribution in [1.82, 2.24) is 5.32 Å². The van der Waals surface area contributed by atoms with Crippen LogP contribution >= 0.6 is 11.6 Å². The average Bonchev–Trinajstić information content (AvgIpc) is 2.93. The molecular weight excluding hydrogens is 238 g/mol. The number of aryl methyl sites for hydroxylation is 1. The van der Waals surface area contributed by atoms with Crippen molar-refractivity contribution in [2.75, 3.05) is 12.4 Å². The van der Waals surface area contributed by atoms with Gasteiger partial charge in [0, 0.05) is 18.8 Å². The average molecular weight is 256 g/mol. The fraction of sp³-hybridized carbons (Fsp3) is 0.615. The molecule has 1 heterocycles. The summed E-state index contributed by atoms with van der Waals surface area (Å²) in [6.07, 6.45) is 5.64. The lowest BCUT2D eigenvalue weighted by Crippen LogP contribution is -2.30. The largest absolute Gasteiger partial charge is 0.469 e.